The molecule has 1 saturated heterocycles. The highest BCUT2D eigenvalue weighted by Crippen LogP contribution is 2.31. The van der Waals surface area contributed by atoms with Crippen LogP contribution in [0.5, 0.6) is 0 Å². The largest absolute Gasteiger partial charge is 0.354 e. The molecule has 1 aromatic heterocycles. The number of nitrogens with one attached hydrogen (secondary N) is 1. The number of carbonyl (C=O) groups is 1. The van der Waals surface area contributed by atoms with Crippen molar-refractivity contribution in [1.82, 2.24) is 9.97 Å². The second-order valence-electron chi connectivity index (χ2n) is 6.88. The Labute approximate surface area is 169 Å². The second-order valence-corrected chi connectivity index (χ2v) is 7.85. The highest BCUT2D eigenvalue weighted by molar-refractivity contribution is 8.00. The van der Waals surface area contributed by atoms with E-state index in [4.69, 9.17) is 9.97 Å². The standard InChI is InChI=1S/C22H24N4OS/c1-2-16-9-3-4-10-17(16)23-20(27)15-28-22-21(26-13-7-8-14-26)24-18-11-5-6-12-19(18)25-22/h3-6,9-12H,2,7-8,13-15H2,1H3,(H,23,27). The lowest BCUT2D eigenvalue weighted by Crippen LogP contribution is -2.21. The maximum Gasteiger partial charge on any atom is 0.234 e. The van der Waals surface area contributed by atoms with Gasteiger partial charge in [0.05, 0.1) is 16.8 Å². The Hall–Kier alpha value is -2.60. The van der Waals surface area contributed by atoms with Gasteiger partial charge in [-0.2, -0.15) is 0 Å². The zero-order chi connectivity index (χ0) is 19.3. The molecule has 2 aromatic carbocycles. The van der Waals surface area contributed by atoms with Gasteiger partial charge in [-0.25, -0.2) is 9.97 Å². The van der Waals surface area contributed by atoms with Gasteiger partial charge in [0, 0.05) is 18.8 Å². The van der Waals surface area contributed by atoms with Crippen molar-refractivity contribution in [3.05, 3.63) is 54.1 Å². The van der Waals surface area contributed by atoms with Gasteiger partial charge in [-0.1, -0.05) is 49.0 Å². The van der Waals surface area contributed by atoms with Crippen molar-refractivity contribution in [2.75, 3.05) is 29.1 Å². The minimum Gasteiger partial charge on any atom is -0.354 e. The van der Waals surface area contributed by atoms with Crippen molar-refractivity contribution in [3.8, 4) is 0 Å². The molecule has 0 radical (unpaired) electrons. The van der Waals surface area contributed by atoms with E-state index in [1.807, 2.05) is 48.5 Å². The van der Waals surface area contributed by atoms with Crippen molar-refractivity contribution < 1.29 is 4.79 Å². The third kappa shape index (κ3) is 4.12. The zero-order valence-corrected chi connectivity index (χ0v) is 16.8. The van der Waals surface area contributed by atoms with E-state index in [1.54, 1.807) is 0 Å². The highest BCUT2D eigenvalue weighted by Gasteiger charge is 2.20. The number of benzene rings is 2. The lowest BCUT2D eigenvalue weighted by Gasteiger charge is -2.19. The Bertz CT molecular complexity index is 985. The minimum atomic E-state index is -0.0202. The average Bonchev–Trinajstić information content (AvgIpc) is 3.26. The molecule has 3 aromatic rings. The van der Waals surface area contributed by atoms with Crippen LogP contribution in [0.4, 0.5) is 11.5 Å². The number of amides is 1. The Morgan fingerprint density at radius 2 is 1.71 bits per heavy atom. The number of fused-ring (bicyclic) bond motifs is 1. The summed E-state index contributed by atoms with van der Waals surface area (Å²) in [5, 5.41) is 3.87. The fraction of sp³-hybridized carbons (Fsp3) is 0.318. The van der Waals surface area contributed by atoms with Crippen LogP contribution < -0.4 is 10.2 Å². The van der Waals surface area contributed by atoms with Gasteiger partial charge in [0.2, 0.25) is 5.91 Å². The highest BCUT2D eigenvalue weighted by atomic mass is 32.2. The summed E-state index contributed by atoms with van der Waals surface area (Å²) < 4.78 is 0. The van der Waals surface area contributed by atoms with Gasteiger partial charge < -0.3 is 10.2 Å². The molecule has 0 spiro atoms. The number of anilines is 2. The first-order valence-electron chi connectivity index (χ1n) is 9.77. The quantitative estimate of drug-likeness (QED) is 0.625. The molecule has 5 nitrogen and oxygen atoms in total. The van der Waals surface area contributed by atoms with Crippen LogP contribution in [0.25, 0.3) is 11.0 Å². The molecule has 1 fully saturated rings. The fourth-order valence-corrected chi connectivity index (χ4v) is 4.28. The summed E-state index contributed by atoms with van der Waals surface area (Å²) in [6.45, 7) is 4.08. The van der Waals surface area contributed by atoms with Crippen LogP contribution in [0.1, 0.15) is 25.3 Å². The summed E-state index contributed by atoms with van der Waals surface area (Å²) in [5.74, 6) is 1.20. The molecule has 28 heavy (non-hydrogen) atoms. The van der Waals surface area contributed by atoms with E-state index >= 15 is 0 Å². The Balaban J connectivity index is 1.53. The van der Waals surface area contributed by atoms with Crippen molar-refractivity contribution in [1.29, 1.82) is 0 Å². The van der Waals surface area contributed by atoms with Gasteiger partial charge in [-0.05, 0) is 43.0 Å². The summed E-state index contributed by atoms with van der Waals surface area (Å²) in [4.78, 5) is 24.5. The minimum absolute atomic E-state index is 0.0202. The zero-order valence-electron chi connectivity index (χ0n) is 16.0. The van der Waals surface area contributed by atoms with Crippen LogP contribution in [-0.4, -0.2) is 34.7 Å². The van der Waals surface area contributed by atoms with E-state index in [-0.39, 0.29) is 5.91 Å². The van der Waals surface area contributed by atoms with Crippen LogP contribution in [-0.2, 0) is 11.2 Å². The molecule has 6 heteroatoms. The number of aromatic nitrogens is 2. The number of nitrogens with zero attached hydrogens (tertiary/aromatic N) is 3. The maximum atomic E-state index is 12.6. The number of aryl methyl sites for hydroxylation is 1. The Kier molecular flexibility index (Phi) is 5.76. The van der Waals surface area contributed by atoms with Gasteiger partial charge >= 0.3 is 0 Å². The van der Waals surface area contributed by atoms with Gasteiger partial charge in [0.25, 0.3) is 0 Å². The monoisotopic (exact) mass is 392 g/mol. The third-order valence-electron chi connectivity index (χ3n) is 4.94. The summed E-state index contributed by atoms with van der Waals surface area (Å²) in [6, 6.07) is 15.8. The number of hydrogen-bond acceptors (Lipinski definition) is 5. The van der Waals surface area contributed by atoms with E-state index in [1.165, 1.54) is 24.6 Å². The molecule has 144 valence electrons. The predicted octanol–water partition coefficient (Wildman–Crippen LogP) is 4.52. The smallest absolute Gasteiger partial charge is 0.234 e. The summed E-state index contributed by atoms with van der Waals surface area (Å²) in [5.41, 5.74) is 3.80. The number of thioether (sulfide) groups is 1. The fourth-order valence-electron chi connectivity index (χ4n) is 3.48. The van der Waals surface area contributed by atoms with Gasteiger partial charge in [-0.15, -0.1) is 0 Å². The molecule has 0 aliphatic carbocycles. The second kappa shape index (κ2) is 8.61. The number of para-hydroxylation sites is 3. The Morgan fingerprint density at radius 3 is 2.46 bits per heavy atom. The summed E-state index contributed by atoms with van der Waals surface area (Å²) in [7, 11) is 0. The van der Waals surface area contributed by atoms with Crippen molar-refractivity contribution >= 4 is 40.2 Å². The number of rotatable bonds is 6. The first kappa shape index (κ1) is 18.7. The molecule has 1 amide bonds. The first-order valence-corrected chi connectivity index (χ1v) is 10.8. The van der Waals surface area contributed by atoms with Crippen molar-refractivity contribution in [2.24, 2.45) is 0 Å². The van der Waals surface area contributed by atoms with Crippen LogP contribution >= 0.6 is 11.8 Å². The van der Waals surface area contributed by atoms with Crippen LogP contribution in [0.2, 0.25) is 0 Å². The molecular formula is C22H24N4OS. The number of hydrogen-bond donors (Lipinski definition) is 1. The first-order chi connectivity index (χ1) is 13.7. The summed E-state index contributed by atoms with van der Waals surface area (Å²) >= 11 is 1.46. The third-order valence-corrected chi connectivity index (χ3v) is 5.89. The molecular weight excluding hydrogens is 368 g/mol. The van der Waals surface area contributed by atoms with Gasteiger partial charge in [0.15, 0.2) is 5.82 Å². The van der Waals surface area contributed by atoms with E-state index in [9.17, 15) is 4.79 Å². The van der Waals surface area contributed by atoms with E-state index < -0.39 is 0 Å². The van der Waals surface area contributed by atoms with E-state index in [0.717, 1.165) is 52.6 Å². The molecule has 0 bridgehead atoms. The normalized spacial score (nSPS) is 13.8. The van der Waals surface area contributed by atoms with Crippen LogP contribution in [0, 0.1) is 0 Å². The lowest BCUT2D eigenvalue weighted by atomic mass is 10.1. The lowest BCUT2D eigenvalue weighted by molar-refractivity contribution is -0.113. The Morgan fingerprint density at radius 1 is 1.04 bits per heavy atom. The molecule has 0 saturated carbocycles. The van der Waals surface area contributed by atoms with Crippen LogP contribution in [0.3, 0.4) is 0 Å². The van der Waals surface area contributed by atoms with Crippen molar-refractivity contribution in [2.45, 2.75) is 31.2 Å². The molecule has 0 unspecified atom stereocenters. The molecule has 1 aliphatic rings. The van der Waals surface area contributed by atoms with Gasteiger partial charge in [0.1, 0.15) is 5.03 Å². The molecule has 1 N–H and O–H groups in total. The van der Waals surface area contributed by atoms with Gasteiger partial charge in [-0.3, -0.25) is 4.79 Å². The molecule has 2 heterocycles. The predicted molar refractivity (Wildman–Crippen MR) is 116 cm³/mol. The number of carbonyl (C=O) groups excluding carboxylic acids is 1. The average molecular weight is 393 g/mol. The molecule has 4 rings (SSSR count). The maximum absolute atomic E-state index is 12.6. The van der Waals surface area contributed by atoms with E-state index in [2.05, 4.69) is 17.1 Å². The van der Waals surface area contributed by atoms with Crippen LogP contribution in [0.15, 0.2) is 53.6 Å². The van der Waals surface area contributed by atoms with Crippen molar-refractivity contribution in [3.63, 3.8) is 0 Å². The van der Waals surface area contributed by atoms with E-state index in [0.29, 0.717) is 5.75 Å². The molecule has 0 atom stereocenters. The summed E-state index contributed by atoms with van der Waals surface area (Å²) in [6.07, 6.45) is 3.23. The molecule has 1 aliphatic heterocycles. The topological polar surface area (TPSA) is 58.1 Å². The SMILES string of the molecule is CCc1ccccc1NC(=O)CSc1nc2ccccc2nc1N1CCCC1.